The molecule has 0 radical (unpaired) electrons. The van der Waals surface area contributed by atoms with Crippen molar-refractivity contribution in [3.05, 3.63) is 88.2 Å². The largest absolute Gasteiger partial charge is 0.345 e. The minimum Gasteiger partial charge on any atom is -0.345 e. The molecule has 2 N–H and O–H groups in total. The van der Waals surface area contributed by atoms with Gasteiger partial charge in [-0.25, -0.2) is 9.50 Å². The van der Waals surface area contributed by atoms with Crippen molar-refractivity contribution < 1.29 is 4.79 Å². The van der Waals surface area contributed by atoms with E-state index < -0.39 is 0 Å². The Kier molecular flexibility index (Phi) is 5.44. The normalized spacial score (nSPS) is 11.8. The summed E-state index contributed by atoms with van der Waals surface area (Å²) >= 11 is 0. The Morgan fingerprint density at radius 3 is 2.65 bits per heavy atom. The lowest BCUT2D eigenvalue weighted by Gasteiger charge is -2.14. The monoisotopic (exact) mass is 414 g/mol. The minimum atomic E-state index is -0.186. The Bertz CT molecular complexity index is 1270. The van der Waals surface area contributed by atoms with E-state index >= 15 is 0 Å². The van der Waals surface area contributed by atoms with Crippen molar-refractivity contribution in [2.45, 2.75) is 26.8 Å². The number of benzene rings is 2. The second-order valence-corrected chi connectivity index (χ2v) is 7.39. The van der Waals surface area contributed by atoms with Gasteiger partial charge in [0.2, 0.25) is 0 Å². The van der Waals surface area contributed by atoms with Crippen molar-refractivity contribution in [3.63, 3.8) is 0 Å². The number of nitrogens with zero attached hydrogens (tertiary/aromatic N) is 4. The Hall–Kier alpha value is -4.07. The molecule has 0 bridgehead atoms. The van der Waals surface area contributed by atoms with Crippen molar-refractivity contribution in [3.8, 4) is 0 Å². The van der Waals surface area contributed by atoms with Gasteiger partial charge >= 0.3 is 0 Å². The molecule has 1 amide bonds. The van der Waals surface area contributed by atoms with E-state index in [0.717, 1.165) is 16.7 Å². The van der Waals surface area contributed by atoms with Crippen LogP contribution in [0.4, 0.5) is 17.2 Å². The van der Waals surface area contributed by atoms with Gasteiger partial charge in [0, 0.05) is 11.9 Å². The first-order valence-corrected chi connectivity index (χ1v) is 9.87. The molecule has 2 aromatic carbocycles. The molecule has 4 aromatic rings. The van der Waals surface area contributed by atoms with Crippen LogP contribution in [0.25, 0.3) is 5.52 Å². The number of hydrogen-bond acceptors (Lipinski definition) is 6. The highest BCUT2D eigenvalue weighted by atomic mass is 16.3. The van der Waals surface area contributed by atoms with Crippen LogP contribution >= 0.6 is 0 Å². The van der Waals surface area contributed by atoms with Crippen LogP contribution in [-0.2, 0) is 0 Å². The summed E-state index contributed by atoms with van der Waals surface area (Å²) in [6.45, 7) is 5.73. The maximum Gasteiger partial charge on any atom is 0.253 e. The summed E-state index contributed by atoms with van der Waals surface area (Å²) in [4.78, 5) is 28.2. The Morgan fingerprint density at radius 2 is 1.90 bits per heavy atom. The van der Waals surface area contributed by atoms with Crippen LogP contribution < -0.4 is 10.6 Å². The molecule has 0 spiro atoms. The smallest absolute Gasteiger partial charge is 0.253 e. The zero-order chi connectivity index (χ0) is 22.0. The molecule has 0 aliphatic carbocycles. The summed E-state index contributed by atoms with van der Waals surface area (Å²) < 4.78 is 1.63. The van der Waals surface area contributed by atoms with Gasteiger partial charge in [-0.05, 0) is 54.8 Å². The molecule has 2 aromatic heterocycles. The highest BCUT2D eigenvalue weighted by molar-refractivity contribution is 5.99. The number of aromatic nitrogens is 3. The number of nitrogens with one attached hydrogen (secondary N) is 2. The highest BCUT2D eigenvalue weighted by Crippen LogP contribution is 2.29. The number of aryl methyl sites for hydroxylation is 2. The summed E-state index contributed by atoms with van der Waals surface area (Å²) in [5, 5.41) is 13.5. The number of amides is 1. The maximum absolute atomic E-state index is 13.0. The first-order valence-electron chi connectivity index (χ1n) is 9.87. The van der Waals surface area contributed by atoms with Gasteiger partial charge in [0.05, 0.1) is 11.6 Å². The molecular formula is C23H22N6O2. The average Bonchev–Trinajstić information content (AvgIpc) is 3.13. The number of rotatable bonds is 6. The van der Waals surface area contributed by atoms with E-state index in [1.54, 1.807) is 22.8 Å². The lowest BCUT2D eigenvalue weighted by Crippen LogP contribution is -2.26. The third kappa shape index (κ3) is 4.00. The van der Waals surface area contributed by atoms with E-state index in [4.69, 9.17) is 0 Å². The number of carbonyl (C=O) groups excluding carboxylic acids is 1. The standard InChI is InChI=1S/C23H22N6O2/c1-14-9-10-18(28-31)11-20(14)27-22-21-15(2)19(12-29(21)25-13-24-22)23(30)26-16(3)17-7-5-4-6-8-17/h4-13,16H,1-3H3,(H,26,30)(H,24,25,27)/t16-/m0/s1. The third-order valence-corrected chi connectivity index (χ3v) is 5.30. The number of carbonyl (C=O) groups is 1. The van der Waals surface area contributed by atoms with Crippen molar-refractivity contribution in [1.29, 1.82) is 0 Å². The van der Waals surface area contributed by atoms with Crippen LogP contribution in [0, 0.1) is 18.8 Å². The molecule has 2 heterocycles. The van der Waals surface area contributed by atoms with E-state index in [-0.39, 0.29) is 11.9 Å². The molecule has 1 atom stereocenters. The summed E-state index contributed by atoms with van der Waals surface area (Å²) in [5.41, 5.74) is 4.95. The van der Waals surface area contributed by atoms with Crippen LogP contribution in [0.1, 0.15) is 40.0 Å². The summed E-state index contributed by atoms with van der Waals surface area (Å²) in [6.07, 6.45) is 3.11. The number of nitroso groups, excluding NO2 is 1. The van der Waals surface area contributed by atoms with Gasteiger partial charge in [-0.1, -0.05) is 36.4 Å². The number of anilines is 2. The van der Waals surface area contributed by atoms with E-state index in [2.05, 4.69) is 25.9 Å². The van der Waals surface area contributed by atoms with E-state index in [1.807, 2.05) is 57.2 Å². The maximum atomic E-state index is 13.0. The number of hydrogen-bond donors (Lipinski definition) is 2. The van der Waals surface area contributed by atoms with Crippen molar-refractivity contribution in [2.75, 3.05) is 5.32 Å². The van der Waals surface area contributed by atoms with Gasteiger partial charge in [-0.3, -0.25) is 4.79 Å². The zero-order valence-corrected chi connectivity index (χ0v) is 17.5. The van der Waals surface area contributed by atoms with Crippen LogP contribution in [0.2, 0.25) is 0 Å². The van der Waals surface area contributed by atoms with Gasteiger partial charge in [-0.2, -0.15) is 5.10 Å². The van der Waals surface area contributed by atoms with Gasteiger partial charge in [0.15, 0.2) is 5.82 Å². The highest BCUT2D eigenvalue weighted by Gasteiger charge is 2.20. The average molecular weight is 414 g/mol. The predicted molar refractivity (Wildman–Crippen MR) is 120 cm³/mol. The lowest BCUT2D eigenvalue weighted by atomic mass is 10.1. The van der Waals surface area contributed by atoms with Crippen LogP contribution in [-0.4, -0.2) is 20.5 Å². The second kappa shape index (κ2) is 8.35. The molecular weight excluding hydrogens is 392 g/mol. The predicted octanol–water partition coefficient (Wildman–Crippen LogP) is 4.98. The fourth-order valence-corrected chi connectivity index (χ4v) is 3.51. The van der Waals surface area contributed by atoms with Gasteiger partial charge in [0.25, 0.3) is 5.91 Å². The Morgan fingerprint density at radius 1 is 1.13 bits per heavy atom. The van der Waals surface area contributed by atoms with Crippen molar-refractivity contribution in [2.24, 2.45) is 5.18 Å². The van der Waals surface area contributed by atoms with Crippen molar-refractivity contribution in [1.82, 2.24) is 19.9 Å². The SMILES string of the molecule is Cc1ccc(N=O)cc1Nc1ncnn2cc(C(=O)N[C@@H](C)c3ccccc3)c(C)c12. The molecule has 0 aliphatic heterocycles. The topological polar surface area (TPSA) is 101 Å². The van der Waals surface area contributed by atoms with Gasteiger partial charge in [-0.15, -0.1) is 4.91 Å². The minimum absolute atomic E-state index is 0.138. The Labute approximate surface area is 179 Å². The van der Waals surface area contributed by atoms with Crippen molar-refractivity contribution >= 4 is 28.6 Å². The molecule has 0 fully saturated rings. The fraction of sp³-hybridized carbons (Fsp3) is 0.174. The van der Waals surface area contributed by atoms with Crippen LogP contribution in [0.3, 0.4) is 0 Å². The van der Waals surface area contributed by atoms with Gasteiger partial charge < -0.3 is 10.6 Å². The molecule has 0 saturated heterocycles. The van der Waals surface area contributed by atoms with Crippen LogP contribution in [0.15, 0.2) is 66.2 Å². The summed E-state index contributed by atoms with van der Waals surface area (Å²) in [7, 11) is 0. The lowest BCUT2D eigenvalue weighted by molar-refractivity contribution is 0.0939. The van der Waals surface area contributed by atoms with E-state index in [1.165, 1.54) is 6.33 Å². The van der Waals surface area contributed by atoms with Crippen LogP contribution in [0.5, 0.6) is 0 Å². The summed E-state index contributed by atoms with van der Waals surface area (Å²) in [5.74, 6) is 0.349. The molecule has 8 heteroatoms. The molecule has 31 heavy (non-hydrogen) atoms. The summed E-state index contributed by atoms with van der Waals surface area (Å²) in [6, 6.07) is 14.8. The first kappa shape index (κ1) is 20.2. The number of fused-ring (bicyclic) bond motifs is 1. The quantitative estimate of drug-likeness (QED) is 0.434. The third-order valence-electron chi connectivity index (χ3n) is 5.30. The molecule has 156 valence electrons. The van der Waals surface area contributed by atoms with E-state index in [9.17, 15) is 9.70 Å². The zero-order valence-electron chi connectivity index (χ0n) is 17.5. The molecule has 4 rings (SSSR count). The second-order valence-electron chi connectivity index (χ2n) is 7.39. The molecule has 0 unspecified atom stereocenters. The fourth-order valence-electron chi connectivity index (χ4n) is 3.51. The molecule has 0 saturated carbocycles. The van der Waals surface area contributed by atoms with E-state index in [0.29, 0.717) is 28.3 Å². The first-order chi connectivity index (χ1) is 15.0. The molecule has 0 aliphatic rings. The molecule has 8 nitrogen and oxygen atoms in total. The Balaban J connectivity index is 1.67. The van der Waals surface area contributed by atoms with Gasteiger partial charge in [0.1, 0.15) is 17.5 Å².